The minimum atomic E-state index is 0.205. The molecule has 2 aromatic rings. The van der Waals surface area contributed by atoms with Gasteiger partial charge in [0.15, 0.2) is 0 Å². The summed E-state index contributed by atoms with van der Waals surface area (Å²) in [6.45, 7) is 6.15. The van der Waals surface area contributed by atoms with E-state index in [0.29, 0.717) is 0 Å². The third-order valence-electron chi connectivity index (χ3n) is 3.33. The van der Waals surface area contributed by atoms with Crippen molar-refractivity contribution in [1.29, 1.82) is 0 Å². The molecule has 112 valence electrons. The van der Waals surface area contributed by atoms with Gasteiger partial charge in [0, 0.05) is 24.4 Å². The average Bonchev–Trinajstić information content (AvgIpc) is 2.49. The van der Waals surface area contributed by atoms with Crippen molar-refractivity contribution in [2.45, 2.75) is 33.3 Å². The Bertz CT molecular complexity index is 601. The lowest BCUT2D eigenvalue weighted by molar-refractivity contribution is 0.217. The number of nitrogens with zero attached hydrogens (tertiary/aromatic N) is 2. The lowest BCUT2D eigenvalue weighted by Gasteiger charge is -2.15. The van der Waals surface area contributed by atoms with E-state index < -0.39 is 0 Å². The fraction of sp³-hybridized carbons (Fsp3) is 0.375. The summed E-state index contributed by atoms with van der Waals surface area (Å²) in [6, 6.07) is 7.90. The third-order valence-corrected chi connectivity index (χ3v) is 3.33. The first-order valence-electron chi connectivity index (χ1n) is 7.17. The van der Waals surface area contributed by atoms with E-state index in [1.807, 2.05) is 38.2 Å². The van der Waals surface area contributed by atoms with Gasteiger partial charge in [0.1, 0.15) is 23.7 Å². The van der Waals surface area contributed by atoms with Gasteiger partial charge in [-0.15, -0.1) is 0 Å². The summed E-state index contributed by atoms with van der Waals surface area (Å²) in [5.74, 6) is 2.46. The topological polar surface area (TPSA) is 59.1 Å². The van der Waals surface area contributed by atoms with Crippen LogP contribution in [0.5, 0.6) is 5.75 Å². The molecule has 5 heteroatoms. The lowest BCUT2D eigenvalue weighted by Crippen LogP contribution is -2.09. The van der Waals surface area contributed by atoms with Gasteiger partial charge in [0.2, 0.25) is 0 Å². The van der Waals surface area contributed by atoms with Gasteiger partial charge >= 0.3 is 0 Å². The molecule has 1 aromatic heterocycles. The monoisotopic (exact) mass is 286 g/mol. The largest absolute Gasteiger partial charge is 0.491 e. The normalized spacial score (nSPS) is 11.8. The molecule has 2 N–H and O–H groups in total. The number of hydrogen-bond donors (Lipinski definition) is 2. The first-order valence-corrected chi connectivity index (χ1v) is 7.17. The first-order chi connectivity index (χ1) is 10.1. The van der Waals surface area contributed by atoms with Crippen LogP contribution in [-0.4, -0.2) is 23.1 Å². The van der Waals surface area contributed by atoms with Crippen molar-refractivity contribution in [3.8, 4) is 5.75 Å². The second-order valence-corrected chi connectivity index (χ2v) is 4.94. The molecule has 0 fully saturated rings. The van der Waals surface area contributed by atoms with Crippen LogP contribution in [0.4, 0.5) is 17.3 Å². The molecule has 0 bridgehead atoms. The SMILES string of the molecule is CCC(C)Oc1cccc(Nc2ncnc(NC)c2C)c1. The van der Waals surface area contributed by atoms with E-state index in [1.165, 1.54) is 0 Å². The predicted molar refractivity (Wildman–Crippen MR) is 86.4 cm³/mol. The molecule has 0 radical (unpaired) electrons. The van der Waals surface area contributed by atoms with Crippen LogP contribution in [0.2, 0.25) is 0 Å². The van der Waals surface area contributed by atoms with Gasteiger partial charge in [-0.3, -0.25) is 0 Å². The van der Waals surface area contributed by atoms with Crippen LogP contribution in [0, 0.1) is 6.92 Å². The average molecular weight is 286 g/mol. The fourth-order valence-corrected chi connectivity index (χ4v) is 1.93. The van der Waals surface area contributed by atoms with E-state index in [4.69, 9.17) is 4.74 Å². The maximum absolute atomic E-state index is 5.83. The van der Waals surface area contributed by atoms with Crippen molar-refractivity contribution in [3.05, 3.63) is 36.2 Å². The quantitative estimate of drug-likeness (QED) is 0.847. The molecule has 5 nitrogen and oxygen atoms in total. The van der Waals surface area contributed by atoms with E-state index >= 15 is 0 Å². The fourth-order valence-electron chi connectivity index (χ4n) is 1.93. The van der Waals surface area contributed by atoms with Crippen LogP contribution in [0.1, 0.15) is 25.8 Å². The first kappa shape index (κ1) is 15.1. The van der Waals surface area contributed by atoms with E-state index in [0.717, 1.165) is 35.1 Å². The summed E-state index contributed by atoms with van der Waals surface area (Å²) < 4.78 is 5.83. The Morgan fingerprint density at radius 1 is 1.24 bits per heavy atom. The number of ether oxygens (including phenoxy) is 1. The second kappa shape index (κ2) is 6.92. The molecule has 0 saturated heterocycles. The highest BCUT2D eigenvalue weighted by Crippen LogP contribution is 2.25. The smallest absolute Gasteiger partial charge is 0.138 e. The Morgan fingerprint density at radius 3 is 2.71 bits per heavy atom. The van der Waals surface area contributed by atoms with E-state index in [2.05, 4.69) is 34.4 Å². The Morgan fingerprint density at radius 2 is 2.00 bits per heavy atom. The molecule has 1 heterocycles. The Balaban J connectivity index is 2.18. The zero-order chi connectivity index (χ0) is 15.2. The Kier molecular flexibility index (Phi) is 4.98. The molecule has 21 heavy (non-hydrogen) atoms. The van der Waals surface area contributed by atoms with Crippen molar-refractivity contribution >= 4 is 17.3 Å². The maximum atomic E-state index is 5.83. The molecule has 2 rings (SSSR count). The van der Waals surface area contributed by atoms with Gasteiger partial charge in [-0.25, -0.2) is 9.97 Å². The highest BCUT2D eigenvalue weighted by atomic mass is 16.5. The number of nitrogens with one attached hydrogen (secondary N) is 2. The third kappa shape index (κ3) is 3.84. The molecule has 0 aliphatic heterocycles. The predicted octanol–water partition coefficient (Wildman–Crippen LogP) is 3.75. The summed E-state index contributed by atoms with van der Waals surface area (Å²) in [5.41, 5.74) is 1.92. The van der Waals surface area contributed by atoms with Gasteiger partial charge in [-0.05, 0) is 32.4 Å². The van der Waals surface area contributed by atoms with Crippen molar-refractivity contribution in [3.63, 3.8) is 0 Å². The number of anilines is 3. The molecule has 0 amide bonds. The summed E-state index contributed by atoms with van der Waals surface area (Å²) in [5, 5.41) is 6.36. The van der Waals surface area contributed by atoms with Gasteiger partial charge in [-0.2, -0.15) is 0 Å². The zero-order valence-corrected chi connectivity index (χ0v) is 13.0. The molecule has 1 unspecified atom stereocenters. The number of aromatic nitrogens is 2. The zero-order valence-electron chi connectivity index (χ0n) is 13.0. The molecular weight excluding hydrogens is 264 g/mol. The second-order valence-electron chi connectivity index (χ2n) is 4.94. The minimum absolute atomic E-state index is 0.205. The molecule has 0 saturated carbocycles. The molecule has 1 aromatic carbocycles. The number of benzene rings is 1. The standard InChI is InChI=1S/C16H22N4O/c1-5-11(2)21-14-8-6-7-13(9-14)20-16-12(3)15(17-4)18-10-19-16/h6-11H,5H2,1-4H3,(H2,17,18,19,20). The highest BCUT2D eigenvalue weighted by molar-refractivity contribution is 5.65. The van der Waals surface area contributed by atoms with Gasteiger partial charge in [-0.1, -0.05) is 13.0 Å². The van der Waals surface area contributed by atoms with Crippen LogP contribution in [-0.2, 0) is 0 Å². The summed E-state index contributed by atoms with van der Waals surface area (Å²) in [4.78, 5) is 8.47. The van der Waals surface area contributed by atoms with Crippen LogP contribution < -0.4 is 15.4 Å². The van der Waals surface area contributed by atoms with Gasteiger partial charge in [0.05, 0.1) is 6.10 Å². The molecular formula is C16H22N4O. The minimum Gasteiger partial charge on any atom is -0.491 e. The highest BCUT2D eigenvalue weighted by Gasteiger charge is 2.07. The van der Waals surface area contributed by atoms with Crippen molar-refractivity contribution in [2.24, 2.45) is 0 Å². The Hall–Kier alpha value is -2.30. The van der Waals surface area contributed by atoms with Crippen LogP contribution in [0.3, 0.4) is 0 Å². The van der Waals surface area contributed by atoms with E-state index in [9.17, 15) is 0 Å². The van der Waals surface area contributed by atoms with Crippen LogP contribution in [0.15, 0.2) is 30.6 Å². The summed E-state index contributed by atoms with van der Waals surface area (Å²) in [7, 11) is 1.85. The van der Waals surface area contributed by atoms with Crippen molar-refractivity contribution < 1.29 is 4.74 Å². The Labute approximate surface area is 125 Å². The maximum Gasteiger partial charge on any atom is 0.138 e. The number of rotatable bonds is 6. The molecule has 0 spiro atoms. The van der Waals surface area contributed by atoms with E-state index in [-0.39, 0.29) is 6.10 Å². The molecule has 0 aliphatic carbocycles. The lowest BCUT2D eigenvalue weighted by atomic mass is 10.2. The van der Waals surface area contributed by atoms with Crippen molar-refractivity contribution in [2.75, 3.05) is 17.7 Å². The van der Waals surface area contributed by atoms with Crippen molar-refractivity contribution in [1.82, 2.24) is 9.97 Å². The van der Waals surface area contributed by atoms with E-state index in [1.54, 1.807) is 6.33 Å². The molecule has 1 atom stereocenters. The molecule has 0 aliphatic rings. The van der Waals surface area contributed by atoms with Crippen LogP contribution >= 0.6 is 0 Å². The summed E-state index contributed by atoms with van der Waals surface area (Å²) in [6.07, 6.45) is 2.73. The van der Waals surface area contributed by atoms with Gasteiger partial charge < -0.3 is 15.4 Å². The van der Waals surface area contributed by atoms with Crippen LogP contribution in [0.25, 0.3) is 0 Å². The van der Waals surface area contributed by atoms with Gasteiger partial charge in [0.25, 0.3) is 0 Å². The number of hydrogen-bond acceptors (Lipinski definition) is 5. The summed E-state index contributed by atoms with van der Waals surface area (Å²) >= 11 is 0.